The fraction of sp³-hybridized carbons (Fsp3) is 0.945. The molecule has 546 valence electrons. The average molecular weight is 1350 g/mol. The van der Waals surface area contributed by atoms with Crippen LogP contribution in [-0.4, -0.2) is 96.7 Å². The SMILES string of the molecule is CCCCCCCCCCCCCCCCCCCCCCCCC(=O)O[C@H](COC(=O)CCCCCCCCCCCCCCC)COP(=O)(O)OC[C@@H](O)COP(=O)(O)OC[C@@H](COC(=O)CCCCCCC)OC(=O)CCCCCCCCCCCC(C)C. The Bertz CT molecular complexity index is 1770. The van der Waals surface area contributed by atoms with Crippen LogP contribution in [0.2, 0.25) is 0 Å². The standard InChI is InChI=1S/C73H142O17P2/c1-6-9-12-15-17-19-21-23-24-25-26-27-28-29-30-31-33-35-39-43-48-53-58-72(77)90-69(63-84-71(76)57-52-47-42-38-34-32-22-20-18-16-13-10-7-2)65-88-92(81,82)86-61-67(74)60-85-91(79,80)87-64-68(62-83-70(75)56-51-45-14-11-8-3)89-73(78)59-54-49-44-40-36-37-41-46-50-55-66(4)5/h66-69,74H,6-65H2,1-5H3,(H,79,80)(H,81,82)/t67-,68+,69+/m0/s1. The maximum Gasteiger partial charge on any atom is 0.472 e. The highest BCUT2D eigenvalue weighted by atomic mass is 31.2. The Labute approximate surface area is 562 Å². The molecule has 0 radical (unpaired) electrons. The fourth-order valence-corrected chi connectivity index (χ4v) is 12.8. The lowest BCUT2D eigenvalue weighted by molar-refractivity contribution is -0.161. The molecule has 0 aliphatic heterocycles. The molecule has 0 amide bonds. The van der Waals surface area contributed by atoms with Gasteiger partial charge in [0, 0.05) is 25.7 Å². The Balaban J connectivity index is 5.09. The van der Waals surface area contributed by atoms with Gasteiger partial charge in [-0.05, 0) is 31.6 Å². The zero-order valence-corrected chi connectivity index (χ0v) is 61.5. The number of hydrogen-bond donors (Lipinski definition) is 3. The zero-order valence-electron chi connectivity index (χ0n) is 59.7. The molecule has 17 nitrogen and oxygen atoms in total. The van der Waals surface area contributed by atoms with Gasteiger partial charge in [-0.25, -0.2) is 9.13 Å². The van der Waals surface area contributed by atoms with Crippen LogP contribution in [0.3, 0.4) is 0 Å². The summed E-state index contributed by atoms with van der Waals surface area (Å²) in [6.07, 6.45) is 54.7. The Kier molecular flexibility index (Phi) is 64.9. The minimum absolute atomic E-state index is 0.105. The number of carbonyl (C=O) groups is 4. The minimum Gasteiger partial charge on any atom is -0.462 e. The second-order valence-corrected chi connectivity index (χ2v) is 29.7. The maximum absolute atomic E-state index is 13.1. The summed E-state index contributed by atoms with van der Waals surface area (Å²) in [6, 6.07) is 0. The quantitative estimate of drug-likeness (QED) is 0.0222. The lowest BCUT2D eigenvalue weighted by atomic mass is 10.0. The number of aliphatic hydroxyl groups is 1. The molecule has 3 N–H and O–H groups in total. The average Bonchev–Trinajstić information content (AvgIpc) is 1.61. The van der Waals surface area contributed by atoms with Crippen LogP contribution in [0.15, 0.2) is 0 Å². The highest BCUT2D eigenvalue weighted by Crippen LogP contribution is 2.45. The van der Waals surface area contributed by atoms with Crippen molar-refractivity contribution in [2.45, 2.75) is 400 Å². The molecule has 5 atom stereocenters. The Morgan fingerprint density at radius 3 is 0.739 bits per heavy atom. The van der Waals surface area contributed by atoms with E-state index in [1.54, 1.807) is 0 Å². The van der Waals surface area contributed by atoms with Crippen LogP contribution in [0.4, 0.5) is 0 Å². The highest BCUT2D eigenvalue weighted by Gasteiger charge is 2.30. The molecule has 0 aliphatic carbocycles. The van der Waals surface area contributed by atoms with Crippen LogP contribution in [0.25, 0.3) is 0 Å². The van der Waals surface area contributed by atoms with Crippen molar-refractivity contribution >= 4 is 39.5 Å². The third-order valence-corrected chi connectivity index (χ3v) is 18.9. The summed E-state index contributed by atoms with van der Waals surface area (Å²) in [5, 5.41) is 10.6. The summed E-state index contributed by atoms with van der Waals surface area (Å²) in [5.41, 5.74) is 0. The summed E-state index contributed by atoms with van der Waals surface area (Å²) in [4.78, 5) is 72.3. The number of aliphatic hydroxyl groups excluding tert-OH is 1. The molecule has 0 aromatic rings. The summed E-state index contributed by atoms with van der Waals surface area (Å²) in [7, 11) is -9.89. The van der Waals surface area contributed by atoms with E-state index in [1.807, 2.05) is 0 Å². The van der Waals surface area contributed by atoms with Crippen molar-refractivity contribution in [2.75, 3.05) is 39.6 Å². The molecule has 0 spiro atoms. The van der Waals surface area contributed by atoms with Gasteiger partial charge in [-0.15, -0.1) is 0 Å². The number of carbonyl (C=O) groups excluding carboxylic acids is 4. The first-order valence-electron chi connectivity index (χ1n) is 38.1. The van der Waals surface area contributed by atoms with Gasteiger partial charge < -0.3 is 33.8 Å². The monoisotopic (exact) mass is 1350 g/mol. The molecule has 0 aromatic heterocycles. The zero-order chi connectivity index (χ0) is 67.7. The van der Waals surface area contributed by atoms with Gasteiger partial charge in [0.05, 0.1) is 26.4 Å². The van der Waals surface area contributed by atoms with E-state index in [2.05, 4.69) is 34.6 Å². The molecule has 0 fully saturated rings. The number of hydrogen-bond acceptors (Lipinski definition) is 15. The second-order valence-electron chi connectivity index (χ2n) is 26.8. The number of rotatable bonds is 73. The van der Waals surface area contributed by atoms with Crippen LogP contribution in [-0.2, 0) is 65.4 Å². The number of unbranched alkanes of at least 4 members (excludes halogenated alkanes) is 45. The third-order valence-electron chi connectivity index (χ3n) is 17.0. The van der Waals surface area contributed by atoms with Gasteiger partial charge in [0.2, 0.25) is 0 Å². The van der Waals surface area contributed by atoms with Crippen molar-refractivity contribution in [3.8, 4) is 0 Å². The number of ether oxygens (including phenoxy) is 4. The predicted molar refractivity (Wildman–Crippen MR) is 372 cm³/mol. The molecule has 0 saturated heterocycles. The summed E-state index contributed by atoms with van der Waals surface area (Å²) in [5.74, 6) is -1.39. The van der Waals surface area contributed by atoms with Crippen molar-refractivity contribution in [1.82, 2.24) is 0 Å². The van der Waals surface area contributed by atoms with Gasteiger partial charge in [0.15, 0.2) is 12.2 Å². The number of phosphoric ester groups is 2. The molecule has 0 aliphatic rings. The molecule has 0 rings (SSSR count). The molecule has 2 unspecified atom stereocenters. The van der Waals surface area contributed by atoms with Crippen molar-refractivity contribution in [3.63, 3.8) is 0 Å². The Morgan fingerprint density at radius 2 is 0.500 bits per heavy atom. The third kappa shape index (κ3) is 66.7. The number of esters is 4. The van der Waals surface area contributed by atoms with Crippen LogP contribution >= 0.6 is 15.6 Å². The lowest BCUT2D eigenvalue weighted by Crippen LogP contribution is -2.30. The van der Waals surface area contributed by atoms with Gasteiger partial charge in [0.25, 0.3) is 0 Å². The van der Waals surface area contributed by atoms with Gasteiger partial charge in [0.1, 0.15) is 19.3 Å². The van der Waals surface area contributed by atoms with Gasteiger partial charge in [-0.2, -0.15) is 0 Å². The normalized spacial score (nSPS) is 14.0. The fourth-order valence-electron chi connectivity index (χ4n) is 11.2. The first kappa shape index (κ1) is 90.1. The molecule has 0 bridgehead atoms. The van der Waals surface area contributed by atoms with Crippen LogP contribution in [0.5, 0.6) is 0 Å². The Morgan fingerprint density at radius 1 is 0.293 bits per heavy atom. The van der Waals surface area contributed by atoms with E-state index < -0.39 is 97.5 Å². The van der Waals surface area contributed by atoms with Crippen molar-refractivity contribution in [2.24, 2.45) is 5.92 Å². The van der Waals surface area contributed by atoms with E-state index in [1.165, 1.54) is 199 Å². The molecule has 19 heteroatoms. The number of phosphoric acid groups is 2. The van der Waals surface area contributed by atoms with Crippen molar-refractivity contribution in [1.29, 1.82) is 0 Å². The van der Waals surface area contributed by atoms with E-state index in [0.29, 0.717) is 25.7 Å². The first-order chi connectivity index (χ1) is 44.5. The highest BCUT2D eigenvalue weighted by molar-refractivity contribution is 7.47. The van der Waals surface area contributed by atoms with E-state index in [4.69, 9.17) is 37.0 Å². The lowest BCUT2D eigenvalue weighted by Gasteiger charge is -2.21. The first-order valence-corrected chi connectivity index (χ1v) is 41.1. The molecule has 0 saturated carbocycles. The predicted octanol–water partition coefficient (Wildman–Crippen LogP) is 21.3. The smallest absolute Gasteiger partial charge is 0.462 e. The largest absolute Gasteiger partial charge is 0.472 e. The van der Waals surface area contributed by atoms with Crippen LogP contribution < -0.4 is 0 Å². The van der Waals surface area contributed by atoms with E-state index in [9.17, 15) is 43.2 Å². The van der Waals surface area contributed by atoms with Gasteiger partial charge in [-0.1, -0.05) is 330 Å². The summed E-state index contributed by atoms with van der Waals surface area (Å²) < 4.78 is 68.1. The van der Waals surface area contributed by atoms with Crippen molar-refractivity contribution < 1.29 is 80.2 Å². The molecule has 92 heavy (non-hydrogen) atoms. The van der Waals surface area contributed by atoms with E-state index in [0.717, 1.165) is 102 Å². The van der Waals surface area contributed by atoms with Gasteiger partial charge >= 0.3 is 39.5 Å². The topological polar surface area (TPSA) is 237 Å². The maximum atomic E-state index is 13.1. The van der Waals surface area contributed by atoms with Crippen molar-refractivity contribution in [3.05, 3.63) is 0 Å². The minimum atomic E-state index is -4.95. The van der Waals surface area contributed by atoms with Crippen LogP contribution in [0, 0.1) is 5.92 Å². The van der Waals surface area contributed by atoms with E-state index in [-0.39, 0.29) is 25.7 Å². The molecular weight excluding hydrogens is 1210 g/mol. The molecule has 0 heterocycles. The molecular formula is C73H142O17P2. The van der Waals surface area contributed by atoms with Crippen LogP contribution in [0.1, 0.15) is 381 Å². The second kappa shape index (κ2) is 66.3. The van der Waals surface area contributed by atoms with E-state index >= 15 is 0 Å². The Hall–Kier alpha value is -1.94. The molecule has 0 aromatic carbocycles. The van der Waals surface area contributed by atoms with Gasteiger partial charge in [-0.3, -0.25) is 37.3 Å². The summed E-state index contributed by atoms with van der Waals surface area (Å²) >= 11 is 0. The summed E-state index contributed by atoms with van der Waals surface area (Å²) in [6.45, 7) is 7.15.